The first-order valence-corrected chi connectivity index (χ1v) is 10.9. The lowest BCUT2D eigenvalue weighted by molar-refractivity contribution is 0.413. The van der Waals surface area contributed by atoms with Crippen LogP contribution in [0, 0.1) is 0 Å². The van der Waals surface area contributed by atoms with E-state index in [4.69, 9.17) is 4.74 Å². The molecule has 1 aromatic heterocycles. The van der Waals surface area contributed by atoms with Gasteiger partial charge in [-0.05, 0) is 79.9 Å². The fourth-order valence-electron chi connectivity index (χ4n) is 4.32. The number of hydrogen-bond acceptors (Lipinski definition) is 4. The number of rotatable bonds is 7. The summed E-state index contributed by atoms with van der Waals surface area (Å²) in [4.78, 5) is 7.24. The van der Waals surface area contributed by atoms with E-state index >= 15 is 0 Å². The van der Waals surface area contributed by atoms with Gasteiger partial charge in [-0.15, -0.1) is 0 Å². The Labute approximate surface area is 179 Å². The van der Waals surface area contributed by atoms with Gasteiger partial charge in [0.25, 0.3) is 0 Å². The van der Waals surface area contributed by atoms with E-state index in [0.29, 0.717) is 6.04 Å². The second kappa shape index (κ2) is 9.77. The summed E-state index contributed by atoms with van der Waals surface area (Å²) in [6.45, 7) is 5.22. The van der Waals surface area contributed by atoms with Crippen molar-refractivity contribution in [2.24, 2.45) is 0 Å². The first-order chi connectivity index (χ1) is 14.8. The van der Waals surface area contributed by atoms with Gasteiger partial charge >= 0.3 is 0 Å². The number of methoxy groups -OCH3 is 1. The molecule has 1 aliphatic heterocycles. The third-order valence-electron chi connectivity index (χ3n) is 6.01. The third kappa shape index (κ3) is 4.65. The van der Waals surface area contributed by atoms with Crippen molar-refractivity contribution in [2.45, 2.75) is 38.8 Å². The van der Waals surface area contributed by atoms with Gasteiger partial charge in [0.15, 0.2) is 0 Å². The molecule has 0 unspecified atom stereocenters. The zero-order valence-electron chi connectivity index (χ0n) is 18.0. The summed E-state index contributed by atoms with van der Waals surface area (Å²) >= 11 is 0. The van der Waals surface area contributed by atoms with E-state index in [1.54, 1.807) is 7.11 Å². The molecule has 2 aromatic carbocycles. The Morgan fingerprint density at radius 2 is 1.80 bits per heavy atom. The Bertz CT molecular complexity index is 949. The van der Waals surface area contributed by atoms with E-state index < -0.39 is 0 Å². The second-order valence-electron chi connectivity index (χ2n) is 7.87. The quantitative estimate of drug-likeness (QED) is 0.599. The molecule has 0 radical (unpaired) electrons. The highest BCUT2D eigenvalue weighted by Gasteiger charge is 2.22. The van der Waals surface area contributed by atoms with Gasteiger partial charge in [-0.2, -0.15) is 0 Å². The molecule has 4 heteroatoms. The number of piperidine rings is 1. The minimum absolute atomic E-state index is 0.527. The van der Waals surface area contributed by atoms with Crippen LogP contribution in [0.5, 0.6) is 5.75 Å². The fourth-order valence-corrected chi connectivity index (χ4v) is 4.32. The minimum Gasteiger partial charge on any atom is -0.497 e. The van der Waals surface area contributed by atoms with Gasteiger partial charge in [-0.1, -0.05) is 31.2 Å². The van der Waals surface area contributed by atoms with E-state index in [9.17, 15) is 0 Å². The average Bonchev–Trinajstić information content (AvgIpc) is 2.83. The molecule has 30 heavy (non-hydrogen) atoms. The van der Waals surface area contributed by atoms with Gasteiger partial charge in [0, 0.05) is 30.0 Å². The number of aromatic nitrogens is 1. The molecule has 1 N–H and O–H groups in total. The second-order valence-corrected chi connectivity index (χ2v) is 7.87. The summed E-state index contributed by atoms with van der Waals surface area (Å²) in [5.41, 5.74) is 6.17. The highest BCUT2D eigenvalue weighted by atomic mass is 16.5. The average molecular weight is 402 g/mol. The molecule has 0 amide bonds. The van der Waals surface area contributed by atoms with Gasteiger partial charge in [0.05, 0.1) is 12.8 Å². The molecule has 3 aromatic rings. The fraction of sp³-hybridized carbons (Fsp3) is 0.346. The largest absolute Gasteiger partial charge is 0.497 e. The van der Waals surface area contributed by atoms with Crippen LogP contribution < -0.4 is 15.0 Å². The van der Waals surface area contributed by atoms with Crippen LogP contribution in [0.3, 0.4) is 0 Å². The van der Waals surface area contributed by atoms with Crippen LogP contribution in [0.2, 0.25) is 0 Å². The predicted molar refractivity (Wildman–Crippen MR) is 124 cm³/mol. The Balaban J connectivity index is 1.64. The van der Waals surface area contributed by atoms with Crippen LogP contribution >= 0.6 is 0 Å². The standard InChI is InChI=1S/C26H31N3O/c1-3-21-6-4-5-7-25(21)26-18-20(12-17-28-26)19-29(23-13-15-27-16-14-23)22-8-10-24(30-2)11-9-22/h4-12,17-18,23,27H,3,13-16,19H2,1-2H3. The highest BCUT2D eigenvalue weighted by molar-refractivity contribution is 5.64. The molecular formula is C26H31N3O. The summed E-state index contributed by atoms with van der Waals surface area (Å²) in [5.74, 6) is 0.895. The summed E-state index contributed by atoms with van der Waals surface area (Å²) in [5, 5.41) is 3.49. The number of hydrogen-bond donors (Lipinski definition) is 1. The van der Waals surface area contributed by atoms with E-state index in [1.807, 2.05) is 6.20 Å². The minimum atomic E-state index is 0.527. The number of aryl methyl sites for hydroxylation is 1. The molecule has 4 nitrogen and oxygen atoms in total. The van der Waals surface area contributed by atoms with Crippen molar-refractivity contribution >= 4 is 5.69 Å². The van der Waals surface area contributed by atoms with Gasteiger partial charge in [0.1, 0.15) is 5.75 Å². The lowest BCUT2D eigenvalue weighted by atomic mass is 10.00. The van der Waals surface area contributed by atoms with Crippen LogP contribution in [0.1, 0.15) is 30.9 Å². The van der Waals surface area contributed by atoms with Crippen LogP contribution in [0.25, 0.3) is 11.3 Å². The monoisotopic (exact) mass is 401 g/mol. The smallest absolute Gasteiger partial charge is 0.119 e. The van der Waals surface area contributed by atoms with Crippen LogP contribution in [-0.2, 0) is 13.0 Å². The summed E-state index contributed by atoms with van der Waals surface area (Å²) in [6, 6.07) is 22.0. The molecule has 0 bridgehead atoms. The Hall–Kier alpha value is -2.85. The van der Waals surface area contributed by atoms with Crippen LogP contribution in [0.15, 0.2) is 66.9 Å². The van der Waals surface area contributed by atoms with Crippen molar-refractivity contribution in [3.05, 3.63) is 78.0 Å². The third-order valence-corrected chi connectivity index (χ3v) is 6.01. The predicted octanol–water partition coefficient (Wildman–Crippen LogP) is 5.08. The SMILES string of the molecule is CCc1ccccc1-c1cc(CN(c2ccc(OC)cc2)C2CCNCC2)ccn1. The maximum atomic E-state index is 5.36. The van der Waals surface area contributed by atoms with Gasteiger partial charge < -0.3 is 15.0 Å². The number of ether oxygens (including phenoxy) is 1. The summed E-state index contributed by atoms with van der Waals surface area (Å²) in [7, 11) is 1.71. The molecule has 2 heterocycles. The van der Waals surface area contributed by atoms with E-state index in [-0.39, 0.29) is 0 Å². The van der Waals surface area contributed by atoms with Crippen molar-refractivity contribution in [3.63, 3.8) is 0 Å². The Morgan fingerprint density at radius 1 is 1.03 bits per heavy atom. The van der Waals surface area contributed by atoms with Crippen LogP contribution in [-0.4, -0.2) is 31.2 Å². The van der Waals surface area contributed by atoms with Crippen LogP contribution in [0.4, 0.5) is 5.69 Å². The lowest BCUT2D eigenvalue weighted by Crippen LogP contribution is -2.43. The maximum Gasteiger partial charge on any atom is 0.119 e. The van der Waals surface area contributed by atoms with Crippen molar-refractivity contribution < 1.29 is 4.74 Å². The number of nitrogens with zero attached hydrogens (tertiary/aromatic N) is 2. The molecule has 1 aliphatic rings. The zero-order chi connectivity index (χ0) is 20.8. The number of benzene rings is 2. The van der Waals surface area contributed by atoms with Gasteiger partial charge in [-0.3, -0.25) is 4.98 Å². The van der Waals surface area contributed by atoms with Crippen molar-refractivity contribution in [3.8, 4) is 17.0 Å². The molecule has 4 rings (SSSR count). The molecular weight excluding hydrogens is 370 g/mol. The Kier molecular flexibility index (Phi) is 6.65. The first-order valence-electron chi connectivity index (χ1n) is 10.9. The maximum absolute atomic E-state index is 5.36. The van der Waals surface area contributed by atoms with Gasteiger partial charge in [-0.25, -0.2) is 0 Å². The van der Waals surface area contributed by atoms with E-state index in [1.165, 1.54) is 22.4 Å². The number of nitrogens with one attached hydrogen (secondary N) is 1. The molecule has 156 valence electrons. The molecule has 1 fully saturated rings. The molecule has 1 saturated heterocycles. The van der Waals surface area contributed by atoms with Crippen molar-refractivity contribution in [1.29, 1.82) is 0 Å². The molecule has 0 aliphatic carbocycles. The lowest BCUT2D eigenvalue weighted by Gasteiger charge is -2.36. The molecule has 0 atom stereocenters. The van der Waals surface area contributed by atoms with E-state index in [2.05, 4.69) is 82.8 Å². The number of pyridine rings is 1. The molecule has 0 saturated carbocycles. The zero-order valence-corrected chi connectivity index (χ0v) is 18.0. The summed E-state index contributed by atoms with van der Waals surface area (Å²) in [6.07, 6.45) is 5.27. The normalized spacial score (nSPS) is 14.5. The summed E-state index contributed by atoms with van der Waals surface area (Å²) < 4.78 is 5.36. The topological polar surface area (TPSA) is 37.4 Å². The van der Waals surface area contributed by atoms with Crippen molar-refractivity contribution in [1.82, 2.24) is 10.3 Å². The van der Waals surface area contributed by atoms with E-state index in [0.717, 1.165) is 50.3 Å². The van der Waals surface area contributed by atoms with Crippen molar-refractivity contribution in [2.75, 3.05) is 25.1 Å². The Morgan fingerprint density at radius 3 is 2.53 bits per heavy atom. The first kappa shape index (κ1) is 20.4. The molecule has 0 spiro atoms. The highest BCUT2D eigenvalue weighted by Crippen LogP contribution is 2.28. The number of anilines is 1. The van der Waals surface area contributed by atoms with Gasteiger partial charge in [0.2, 0.25) is 0 Å².